The standard InChI is InChI=1S/C15H19NO3S/c17-13(16-14(15(18)19)11-8-9-11)7-4-10-20-12-5-2-1-3-6-12/h1-3,5-6,11,14H,4,7-10H2,(H,16,17)(H,18,19). The molecule has 1 atom stereocenters. The Bertz CT molecular complexity index is 459. The monoisotopic (exact) mass is 293 g/mol. The lowest BCUT2D eigenvalue weighted by Crippen LogP contribution is -2.42. The molecule has 1 saturated carbocycles. The summed E-state index contributed by atoms with van der Waals surface area (Å²) in [6.45, 7) is 0. The van der Waals surface area contributed by atoms with Crippen molar-refractivity contribution in [1.29, 1.82) is 0 Å². The summed E-state index contributed by atoms with van der Waals surface area (Å²) in [4.78, 5) is 23.9. The van der Waals surface area contributed by atoms with Gasteiger partial charge in [-0.1, -0.05) is 18.2 Å². The van der Waals surface area contributed by atoms with Gasteiger partial charge in [-0.3, -0.25) is 4.79 Å². The Balaban J connectivity index is 1.63. The molecule has 0 radical (unpaired) electrons. The molecule has 1 fully saturated rings. The van der Waals surface area contributed by atoms with Crippen LogP contribution in [0.15, 0.2) is 35.2 Å². The van der Waals surface area contributed by atoms with Crippen molar-refractivity contribution in [3.05, 3.63) is 30.3 Å². The number of carboxylic acids is 1. The lowest BCUT2D eigenvalue weighted by Gasteiger charge is -2.13. The topological polar surface area (TPSA) is 66.4 Å². The quantitative estimate of drug-likeness (QED) is 0.571. The highest BCUT2D eigenvalue weighted by molar-refractivity contribution is 7.99. The fourth-order valence-corrected chi connectivity index (χ4v) is 2.87. The molecular formula is C15H19NO3S. The van der Waals surface area contributed by atoms with Crippen LogP contribution in [0.4, 0.5) is 0 Å². The van der Waals surface area contributed by atoms with E-state index in [1.165, 1.54) is 4.90 Å². The highest BCUT2D eigenvalue weighted by Crippen LogP contribution is 2.32. The van der Waals surface area contributed by atoms with Gasteiger partial charge in [0.05, 0.1) is 0 Å². The number of amides is 1. The molecule has 1 unspecified atom stereocenters. The third kappa shape index (κ3) is 4.89. The van der Waals surface area contributed by atoms with Crippen LogP contribution in [0.25, 0.3) is 0 Å². The number of rotatable bonds is 8. The van der Waals surface area contributed by atoms with E-state index in [4.69, 9.17) is 5.11 Å². The summed E-state index contributed by atoms with van der Waals surface area (Å²) in [5.41, 5.74) is 0. The fraction of sp³-hybridized carbons (Fsp3) is 0.467. The van der Waals surface area contributed by atoms with E-state index >= 15 is 0 Å². The molecule has 1 aromatic rings. The highest BCUT2D eigenvalue weighted by Gasteiger charge is 2.36. The van der Waals surface area contributed by atoms with Crippen LogP contribution in [0, 0.1) is 5.92 Å². The summed E-state index contributed by atoms with van der Waals surface area (Å²) in [6, 6.07) is 9.34. The molecule has 0 heterocycles. The summed E-state index contributed by atoms with van der Waals surface area (Å²) >= 11 is 1.71. The second kappa shape index (κ2) is 7.33. The predicted molar refractivity (Wildman–Crippen MR) is 78.7 cm³/mol. The Labute approximate surface area is 123 Å². The third-order valence-corrected chi connectivity index (χ3v) is 4.33. The summed E-state index contributed by atoms with van der Waals surface area (Å²) in [6.07, 6.45) is 2.95. The van der Waals surface area contributed by atoms with Crippen molar-refractivity contribution in [3.63, 3.8) is 0 Å². The van der Waals surface area contributed by atoms with Gasteiger partial charge in [0.1, 0.15) is 6.04 Å². The first-order valence-electron chi connectivity index (χ1n) is 6.87. The van der Waals surface area contributed by atoms with Gasteiger partial charge in [-0.05, 0) is 43.1 Å². The number of thioether (sulfide) groups is 1. The van der Waals surface area contributed by atoms with E-state index in [0.29, 0.717) is 6.42 Å². The summed E-state index contributed by atoms with van der Waals surface area (Å²) in [5.74, 6) is -0.0777. The lowest BCUT2D eigenvalue weighted by atomic mass is 10.2. The largest absolute Gasteiger partial charge is 0.480 e. The fourth-order valence-electron chi connectivity index (χ4n) is 2.00. The lowest BCUT2D eigenvalue weighted by molar-refractivity contribution is -0.142. The molecule has 0 saturated heterocycles. The zero-order valence-corrected chi connectivity index (χ0v) is 12.1. The normalized spacial score (nSPS) is 15.6. The van der Waals surface area contributed by atoms with Crippen LogP contribution in [-0.2, 0) is 9.59 Å². The van der Waals surface area contributed by atoms with Crippen molar-refractivity contribution in [2.24, 2.45) is 5.92 Å². The molecule has 2 rings (SSSR count). The smallest absolute Gasteiger partial charge is 0.326 e. The SMILES string of the molecule is O=C(CCCSc1ccccc1)NC(C(=O)O)C1CC1. The maximum atomic E-state index is 11.7. The molecule has 20 heavy (non-hydrogen) atoms. The number of carbonyl (C=O) groups excluding carboxylic acids is 1. The van der Waals surface area contributed by atoms with Crippen molar-refractivity contribution in [2.75, 3.05) is 5.75 Å². The second-order valence-electron chi connectivity index (χ2n) is 4.99. The van der Waals surface area contributed by atoms with Gasteiger partial charge in [0.25, 0.3) is 0 Å². The van der Waals surface area contributed by atoms with Gasteiger partial charge >= 0.3 is 5.97 Å². The number of hydrogen-bond donors (Lipinski definition) is 2. The molecule has 1 aliphatic rings. The third-order valence-electron chi connectivity index (χ3n) is 3.24. The van der Waals surface area contributed by atoms with E-state index in [2.05, 4.69) is 5.32 Å². The summed E-state index contributed by atoms with van der Waals surface area (Å²) in [7, 11) is 0. The zero-order chi connectivity index (χ0) is 14.4. The van der Waals surface area contributed by atoms with Crippen molar-refractivity contribution >= 4 is 23.6 Å². The Morgan fingerprint density at radius 1 is 1.30 bits per heavy atom. The van der Waals surface area contributed by atoms with Crippen LogP contribution in [0.2, 0.25) is 0 Å². The van der Waals surface area contributed by atoms with Crippen molar-refractivity contribution in [2.45, 2.75) is 36.6 Å². The van der Waals surface area contributed by atoms with Crippen LogP contribution in [0.5, 0.6) is 0 Å². The average molecular weight is 293 g/mol. The highest BCUT2D eigenvalue weighted by atomic mass is 32.2. The van der Waals surface area contributed by atoms with Crippen LogP contribution >= 0.6 is 11.8 Å². The minimum Gasteiger partial charge on any atom is -0.480 e. The van der Waals surface area contributed by atoms with E-state index in [-0.39, 0.29) is 11.8 Å². The molecular weight excluding hydrogens is 274 g/mol. The molecule has 4 nitrogen and oxygen atoms in total. The van der Waals surface area contributed by atoms with Crippen LogP contribution in [0.3, 0.4) is 0 Å². The van der Waals surface area contributed by atoms with Crippen molar-refractivity contribution in [1.82, 2.24) is 5.32 Å². The number of aliphatic carboxylic acids is 1. The van der Waals surface area contributed by atoms with E-state index in [9.17, 15) is 9.59 Å². The van der Waals surface area contributed by atoms with Crippen LogP contribution in [0.1, 0.15) is 25.7 Å². The van der Waals surface area contributed by atoms with Crippen LogP contribution in [-0.4, -0.2) is 28.8 Å². The van der Waals surface area contributed by atoms with Gasteiger partial charge in [0.15, 0.2) is 0 Å². The van der Waals surface area contributed by atoms with Gasteiger partial charge in [-0.15, -0.1) is 11.8 Å². The van der Waals surface area contributed by atoms with E-state index in [0.717, 1.165) is 25.0 Å². The number of carboxylic acid groups (broad SMARTS) is 1. The second-order valence-corrected chi connectivity index (χ2v) is 6.15. The maximum absolute atomic E-state index is 11.7. The Kier molecular flexibility index (Phi) is 5.47. The molecule has 5 heteroatoms. The maximum Gasteiger partial charge on any atom is 0.326 e. The summed E-state index contributed by atoms with van der Waals surface area (Å²) < 4.78 is 0. The first-order chi connectivity index (χ1) is 9.66. The van der Waals surface area contributed by atoms with Gasteiger partial charge in [-0.2, -0.15) is 0 Å². The number of hydrogen-bond acceptors (Lipinski definition) is 3. The first kappa shape index (κ1) is 14.9. The molecule has 1 aromatic carbocycles. The van der Waals surface area contributed by atoms with Gasteiger partial charge in [0, 0.05) is 11.3 Å². The van der Waals surface area contributed by atoms with Crippen molar-refractivity contribution in [3.8, 4) is 0 Å². The Morgan fingerprint density at radius 3 is 2.60 bits per heavy atom. The predicted octanol–water partition coefficient (Wildman–Crippen LogP) is 2.54. The van der Waals surface area contributed by atoms with Gasteiger partial charge in [-0.25, -0.2) is 4.79 Å². The minimum absolute atomic E-state index is 0.134. The zero-order valence-electron chi connectivity index (χ0n) is 11.2. The molecule has 0 bridgehead atoms. The Morgan fingerprint density at radius 2 is 2.00 bits per heavy atom. The summed E-state index contributed by atoms with van der Waals surface area (Å²) in [5, 5.41) is 11.7. The molecule has 1 aliphatic carbocycles. The molecule has 0 aromatic heterocycles. The van der Waals surface area contributed by atoms with Gasteiger partial charge < -0.3 is 10.4 Å². The van der Waals surface area contributed by atoms with Crippen molar-refractivity contribution < 1.29 is 14.7 Å². The molecule has 0 spiro atoms. The minimum atomic E-state index is -0.917. The molecule has 0 aliphatic heterocycles. The first-order valence-corrected chi connectivity index (χ1v) is 7.85. The molecule has 2 N–H and O–H groups in total. The Hall–Kier alpha value is -1.49. The van der Waals surface area contributed by atoms with E-state index in [1.54, 1.807) is 11.8 Å². The van der Waals surface area contributed by atoms with E-state index in [1.807, 2.05) is 30.3 Å². The molecule has 1 amide bonds. The van der Waals surface area contributed by atoms with Crippen LogP contribution < -0.4 is 5.32 Å². The number of carbonyl (C=O) groups is 2. The number of benzene rings is 1. The average Bonchev–Trinajstić information content (AvgIpc) is 3.26. The van der Waals surface area contributed by atoms with Gasteiger partial charge in [0.2, 0.25) is 5.91 Å². The van der Waals surface area contributed by atoms with E-state index < -0.39 is 12.0 Å². The number of nitrogens with one attached hydrogen (secondary N) is 1. The molecule has 108 valence electrons.